The molecule has 0 unspecified atom stereocenters. The van der Waals surface area contributed by atoms with Crippen LogP contribution in [-0.2, 0) is 4.79 Å². The molecule has 1 aliphatic rings. The maximum Gasteiger partial charge on any atom is 0.231 e. The third kappa shape index (κ3) is 4.54. The standard InChI is InChI=1S/C28H24FN7OS/c1-17-11-18(2)36(34-17)26-12-25(30-16-31-26)35-13-19(14-35)27(37)32-23-10-6-4-8-21(23)24-15-38-28(33-24)20-7-3-5-9-22(20)29/h3-12,15-16,19H,13-14H2,1-2H3,(H,32,37). The number of hydrogen-bond donors (Lipinski definition) is 1. The number of anilines is 2. The summed E-state index contributed by atoms with van der Waals surface area (Å²) in [7, 11) is 0. The fourth-order valence-corrected chi connectivity index (χ4v) is 5.37. The highest BCUT2D eigenvalue weighted by Crippen LogP contribution is 2.34. The molecule has 0 saturated carbocycles. The van der Waals surface area contributed by atoms with Crippen molar-refractivity contribution in [2.24, 2.45) is 5.92 Å². The summed E-state index contributed by atoms with van der Waals surface area (Å²) in [5.74, 6) is 0.899. The fraction of sp³-hybridized carbons (Fsp3) is 0.179. The van der Waals surface area contributed by atoms with Crippen molar-refractivity contribution in [1.82, 2.24) is 24.7 Å². The summed E-state index contributed by atoms with van der Waals surface area (Å²) in [5, 5.41) is 10.0. The molecular formula is C28H24FN7OS. The Bertz CT molecular complexity index is 1640. The Kier molecular flexibility index (Phi) is 6.16. The Hall–Kier alpha value is -4.44. The van der Waals surface area contributed by atoms with E-state index in [1.807, 2.05) is 60.5 Å². The summed E-state index contributed by atoms with van der Waals surface area (Å²) >= 11 is 1.37. The van der Waals surface area contributed by atoms with Gasteiger partial charge in [-0.1, -0.05) is 30.3 Å². The molecule has 4 heterocycles. The van der Waals surface area contributed by atoms with E-state index < -0.39 is 0 Å². The van der Waals surface area contributed by atoms with Crippen LogP contribution >= 0.6 is 11.3 Å². The van der Waals surface area contributed by atoms with E-state index in [1.165, 1.54) is 23.7 Å². The lowest BCUT2D eigenvalue weighted by atomic mass is 9.98. The van der Waals surface area contributed by atoms with Crippen LogP contribution in [0.5, 0.6) is 0 Å². The number of nitrogens with one attached hydrogen (secondary N) is 1. The second-order valence-corrected chi connectivity index (χ2v) is 10.1. The number of nitrogens with zero attached hydrogens (tertiary/aromatic N) is 6. The fourth-order valence-electron chi connectivity index (χ4n) is 4.52. The molecule has 0 bridgehead atoms. The van der Waals surface area contributed by atoms with Gasteiger partial charge in [-0.05, 0) is 38.1 Å². The predicted molar refractivity (Wildman–Crippen MR) is 146 cm³/mol. The Balaban J connectivity index is 1.14. The maximum absolute atomic E-state index is 14.2. The van der Waals surface area contributed by atoms with Crippen molar-refractivity contribution >= 4 is 28.7 Å². The van der Waals surface area contributed by atoms with Crippen molar-refractivity contribution in [2.75, 3.05) is 23.3 Å². The highest BCUT2D eigenvalue weighted by Gasteiger charge is 2.34. The van der Waals surface area contributed by atoms with Crippen LogP contribution in [0.15, 0.2) is 72.4 Å². The Morgan fingerprint density at radius 3 is 2.50 bits per heavy atom. The summed E-state index contributed by atoms with van der Waals surface area (Å²) in [6.45, 7) is 5.03. The Labute approximate surface area is 222 Å². The van der Waals surface area contributed by atoms with Gasteiger partial charge in [-0.25, -0.2) is 24.0 Å². The molecule has 0 atom stereocenters. The molecule has 2 aromatic carbocycles. The maximum atomic E-state index is 14.2. The van der Waals surface area contributed by atoms with Crippen LogP contribution in [-0.4, -0.2) is 43.7 Å². The van der Waals surface area contributed by atoms with Crippen LogP contribution in [0, 0.1) is 25.6 Å². The van der Waals surface area contributed by atoms with E-state index in [-0.39, 0.29) is 17.6 Å². The van der Waals surface area contributed by atoms with E-state index in [4.69, 9.17) is 0 Å². The van der Waals surface area contributed by atoms with Gasteiger partial charge in [0.15, 0.2) is 5.82 Å². The first-order chi connectivity index (χ1) is 18.5. The number of aryl methyl sites for hydroxylation is 2. The molecule has 6 rings (SSSR count). The number of carbonyl (C=O) groups is 1. The lowest BCUT2D eigenvalue weighted by Crippen LogP contribution is -2.52. The van der Waals surface area contributed by atoms with Gasteiger partial charge in [0.2, 0.25) is 5.91 Å². The number of hydrogen-bond acceptors (Lipinski definition) is 7. The minimum absolute atomic E-state index is 0.0638. The quantitative estimate of drug-likeness (QED) is 0.324. The molecule has 3 aromatic heterocycles. The highest BCUT2D eigenvalue weighted by atomic mass is 32.1. The molecule has 190 valence electrons. The average Bonchev–Trinajstić information content (AvgIpc) is 3.50. The predicted octanol–water partition coefficient (Wildman–Crippen LogP) is 5.28. The van der Waals surface area contributed by atoms with Gasteiger partial charge in [0, 0.05) is 41.4 Å². The monoisotopic (exact) mass is 525 g/mol. The van der Waals surface area contributed by atoms with Crippen LogP contribution in [0.3, 0.4) is 0 Å². The van der Waals surface area contributed by atoms with Crippen LogP contribution < -0.4 is 10.2 Å². The van der Waals surface area contributed by atoms with Gasteiger partial charge in [0.25, 0.3) is 0 Å². The topological polar surface area (TPSA) is 88.8 Å². The van der Waals surface area contributed by atoms with Gasteiger partial charge in [-0.2, -0.15) is 5.10 Å². The van der Waals surface area contributed by atoms with E-state index in [1.54, 1.807) is 22.9 Å². The van der Waals surface area contributed by atoms with Crippen LogP contribution in [0.2, 0.25) is 0 Å². The minimum atomic E-state index is -0.310. The van der Waals surface area contributed by atoms with Crippen molar-refractivity contribution in [3.05, 3.63) is 89.6 Å². The van der Waals surface area contributed by atoms with Crippen LogP contribution in [0.1, 0.15) is 11.4 Å². The number of rotatable bonds is 6. The van der Waals surface area contributed by atoms with Gasteiger partial charge in [-0.15, -0.1) is 11.3 Å². The van der Waals surface area contributed by atoms with Gasteiger partial charge < -0.3 is 10.2 Å². The summed E-state index contributed by atoms with van der Waals surface area (Å²) in [6, 6.07) is 18.0. The van der Waals surface area contributed by atoms with Crippen molar-refractivity contribution in [3.63, 3.8) is 0 Å². The number of amides is 1. The second kappa shape index (κ2) is 9.79. The molecule has 0 aliphatic carbocycles. The van der Waals surface area contributed by atoms with Gasteiger partial charge >= 0.3 is 0 Å². The van der Waals surface area contributed by atoms with E-state index in [9.17, 15) is 9.18 Å². The molecule has 1 fully saturated rings. The molecule has 1 aliphatic heterocycles. The summed E-state index contributed by atoms with van der Waals surface area (Å²) < 4.78 is 16.0. The van der Waals surface area contributed by atoms with Gasteiger partial charge in [0.05, 0.1) is 23.0 Å². The third-order valence-electron chi connectivity index (χ3n) is 6.51. The SMILES string of the molecule is Cc1cc(C)n(-c2cc(N3CC(C(=O)Nc4ccccc4-c4csc(-c5ccccc5F)n4)C3)ncn2)n1. The van der Waals surface area contributed by atoms with Crippen molar-refractivity contribution in [1.29, 1.82) is 0 Å². The van der Waals surface area contributed by atoms with E-state index in [2.05, 4.69) is 25.4 Å². The molecule has 38 heavy (non-hydrogen) atoms. The van der Waals surface area contributed by atoms with E-state index >= 15 is 0 Å². The number of thiazole rings is 1. The van der Waals surface area contributed by atoms with Crippen LogP contribution in [0.25, 0.3) is 27.6 Å². The van der Waals surface area contributed by atoms with E-state index in [0.29, 0.717) is 40.9 Å². The molecule has 1 N–H and O–H groups in total. The first-order valence-electron chi connectivity index (χ1n) is 12.2. The summed E-state index contributed by atoms with van der Waals surface area (Å²) in [4.78, 5) is 28.6. The molecule has 8 nitrogen and oxygen atoms in total. The number of aromatic nitrogens is 5. The van der Waals surface area contributed by atoms with Gasteiger partial charge in [-0.3, -0.25) is 4.79 Å². The number of halogens is 1. The molecule has 10 heteroatoms. The number of benzene rings is 2. The molecule has 1 saturated heterocycles. The van der Waals surface area contributed by atoms with Crippen molar-refractivity contribution in [2.45, 2.75) is 13.8 Å². The zero-order valence-electron chi connectivity index (χ0n) is 20.8. The zero-order valence-corrected chi connectivity index (χ0v) is 21.6. The first-order valence-corrected chi connectivity index (χ1v) is 13.1. The lowest BCUT2D eigenvalue weighted by Gasteiger charge is -2.39. The molecule has 0 radical (unpaired) electrons. The largest absolute Gasteiger partial charge is 0.355 e. The average molecular weight is 526 g/mol. The summed E-state index contributed by atoms with van der Waals surface area (Å²) in [6.07, 6.45) is 1.52. The lowest BCUT2D eigenvalue weighted by molar-refractivity contribution is -0.120. The Morgan fingerprint density at radius 1 is 1.00 bits per heavy atom. The Morgan fingerprint density at radius 2 is 1.74 bits per heavy atom. The molecule has 1 amide bonds. The third-order valence-corrected chi connectivity index (χ3v) is 7.39. The minimum Gasteiger partial charge on any atom is -0.355 e. The van der Waals surface area contributed by atoms with E-state index in [0.717, 1.165) is 22.8 Å². The normalized spacial score (nSPS) is 13.4. The molecular weight excluding hydrogens is 501 g/mol. The molecule has 0 spiro atoms. The highest BCUT2D eigenvalue weighted by molar-refractivity contribution is 7.13. The smallest absolute Gasteiger partial charge is 0.231 e. The van der Waals surface area contributed by atoms with Gasteiger partial charge in [0.1, 0.15) is 23.0 Å². The van der Waals surface area contributed by atoms with Crippen LogP contribution in [0.4, 0.5) is 15.9 Å². The number of para-hydroxylation sites is 1. The van der Waals surface area contributed by atoms with Crippen molar-refractivity contribution in [3.8, 4) is 27.6 Å². The molecule has 5 aromatic rings. The summed E-state index contributed by atoms with van der Waals surface area (Å²) in [5.41, 5.74) is 4.54. The first kappa shape index (κ1) is 23.9. The zero-order chi connectivity index (χ0) is 26.2. The second-order valence-electron chi connectivity index (χ2n) is 9.23. The number of carbonyl (C=O) groups excluding carboxylic acids is 1. The van der Waals surface area contributed by atoms with Crippen molar-refractivity contribution < 1.29 is 9.18 Å².